The SMILES string of the molecule is C.C.C.CCCCOC(=O)NCC.COCCCOC(=O)NCCCCC(C)NC(=O)OCCCOC.COCCCOC(C)=O. The lowest BCUT2D eigenvalue weighted by Gasteiger charge is -2.14. The van der Waals surface area contributed by atoms with Gasteiger partial charge in [0.2, 0.25) is 0 Å². The van der Waals surface area contributed by atoms with Gasteiger partial charge < -0.3 is 49.1 Å². The van der Waals surface area contributed by atoms with Crippen LogP contribution in [0.25, 0.3) is 0 Å². The Bertz CT molecular complexity index is 657. The number of carbonyl (C=O) groups excluding carboxylic acids is 4. The summed E-state index contributed by atoms with van der Waals surface area (Å²) < 4.78 is 33.8. The van der Waals surface area contributed by atoms with Crippen LogP contribution in [0.1, 0.15) is 101 Å². The molecule has 280 valence electrons. The van der Waals surface area contributed by atoms with Gasteiger partial charge in [-0.15, -0.1) is 0 Å². The van der Waals surface area contributed by atoms with Crippen molar-refractivity contribution in [3.8, 4) is 0 Å². The van der Waals surface area contributed by atoms with Crippen LogP contribution in [0.4, 0.5) is 14.4 Å². The molecule has 0 saturated carbocycles. The smallest absolute Gasteiger partial charge is 0.407 e. The molecule has 0 rings (SSSR count). The van der Waals surface area contributed by atoms with Gasteiger partial charge in [-0.25, -0.2) is 14.4 Å². The summed E-state index contributed by atoms with van der Waals surface area (Å²) >= 11 is 0. The highest BCUT2D eigenvalue weighted by Gasteiger charge is 2.08. The Labute approximate surface area is 280 Å². The zero-order valence-electron chi connectivity index (χ0n) is 27.6. The van der Waals surface area contributed by atoms with Gasteiger partial charge in [0, 0.05) is 86.5 Å². The molecule has 0 aromatic heterocycles. The molecular formula is C32H71N3O11. The van der Waals surface area contributed by atoms with E-state index in [1.54, 1.807) is 21.3 Å². The second kappa shape index (κ2) is 46.6. The fraction of sp³-hybridized carbons (Fsp3) is 0.875. The minimum atomic E-state index is -0.406. The van der Waals surface area contributed by atoms with Gasteiger partial charge in [0.1, 0.15) is 0 Å². The number of methoxy groups -OCH3 is 3. The summed E-state index contributed by atoms with van der Waals surface area (Å²) in [7, 11) is 4.84. The van der Waals surface area contributed by atoms with Crippen LogP contribution < -0.4 is 16.0 Å². The maximum atomic E-state index is 11.5. The Morgan fingerprint density at radius 2 is 1.00 bits per heavy atom. The lowest BCUT2D eigenvalue weighted by molar-refractivity contribution is -0.141. The van der Waals surface area contributed by atoms with Gasteiger partial charge in [0.05, 0.1) is 26.4 Å². The van der Waals surface area contributed by atoms with Crippen LogP contribution in [0.2, 0.25) is 0 Å². The van der Waals surface area contributed by atoms with E-state index in [4.69, 9.17) is 28.4 Å². The van der Waals surface area contributed by atoms with E-state index in [-0.39, 0.29) is 40.4 Å². The van der Waals surface area contributed by atoms with Gasteiger partial charge in [-0.3, -0.25) is 4.79 Å². The van der Waals surface area contributed by atoms with Crippen LogP contribution in [-0.4, -0.2) is 111 Å². The number of nitrogens with one attached hydrogen (secondary N) is 3. The number of unbranched alkanes of at least 4 members (excludes halogenated alkanes) is 2. The Morgan fingerprint density at radius 3 is 1.43 bits per heavy atom. The van der Waals surface area contributed by atoms with E-state index in [0.29, 0.717) is 72.2 Å². The summed E-state index contributed by atoms with van der Waals surface area (Å²) in [5.74, 6) is -0.230. The molecule has 0 aliphatic heterocycles. The highest BCUT2D eigenvalue weighted by Crippen LogP contribution is 2.00. The first-order valence-corrected chi connectivity index (χ1v) is 15.0. The molecule has 0 saturated heterocycles. The lowest BCUT2D eigenvalue weighted by atomic mass is 10.1. The highest BCUT2D eigenvalue weighted by atomic mass is 16.6. The van der Waals surface area contributed by atoms with Crippen LogP contribution in [0, 0.1) is 0 Å². The van der Waals surface area contributed by atoms with Crippen LogP contribution >= 0.6 is 0 Å². The predicted molar refractivity (Wildman–Crippen MR) is 183 cm³/mol. The number of hydrogen-bond donors (Lipinski definition) is 3. The maximum absolute atomic E-state index is 11.5. The van der Waals surface area contributed by atoms with E-state index in [9.17, 15) is 19.2 Å². The summed E-state index contributed by atoms with van der Waals surface area (Å²) in [5, 5.41) is 8.00. The molecule has 14 nitrogen and oxygen atoms in total. The summed E-state index contributed by atoms with van der Waals surface area (Å²) in [6, 6.07) is 0.0286. The fourth-order valence-electron chi connectivity index (χ4n) is 2.79. The molecular weight excluding hydrogens is 602 g/mol. The van der Waals surface area contributed by atoms with Crippen molar-refractivity contribution in [2.24, 2.45) is 0 Å². The van der Waals surface area contributed by atoms with Crippen molar-refractivity contribution in [1.29, 1.82) is 0 Å². The van der Waals surface area contributed by atoms with Gasteiger partial charge in [-0.2, -0.15) is 0 Å². The minimum absolute atomic E-state index is 0. The van der Waals surface area contributed by atoms with Gasteiger partial charge in [0.15, 0.2) is 0 Å². The number of ether oxygens (including phenoxy) is 7. The fourth-order valence-corrected chi connectivity index (χ4v) is 2.79. The van der Waals surface area contributed by atoms with E-state index < -0.39 is 12.2 Å². The number of esters is 1. The molecule has 0 aliphatic rings. The topological polar surface area (TPSA) is 169 Å². The summed E-state index contributed by atoms with van der Waals surface area (Å²) in [6.45, 7) is 11.9. The van der Waals surface area contributed by atoms with Crippen molar-refractivity contribution >= 4 is 24.2 Å². The van der Waals surface area contributed by atoms with Gasteiger partial charge in [-0.05, 0) is 39.5 Å². The molecule has 1 atom stereocenters. The molecule has 0 spiro atoms. The highest BCUT2D eigenvalue weighted by molar-refractivity contribution is 5.68. The molecule has 0 aliphatic carbocycles. The summed E-state index contributed by atoms with van der Waals surface area (Å²) in [5.41, 5.74) is 0. The number of amides is 3. The van der Waals surface area contributed by atoms with Gasteiger partial charge >= 0.3 is 24.2 Å². The van der Waals surface area contributed by atoms with Crippen LogP contribution in [-0.2, 0) is 38.0 Å². The van der Waals surface area contributed by atoms with Crippen molar-refractivity contribution in [2.75, 3.05) is 80.7 Å². The average molecular weight is 674 g/mol. The largest absolute Gasteiger partial charge is 0.466 e. The average Bonchev–Trinajstić information content (AvgIpc) is 2.96. The Balaban J connectivity index is -0.000000151. The van der Waals surface area contributed by atoms with E-state index in [0.717, 1.165) is 38.5 Å². The number of carbonyl (C=O) groups is 4. The molecule has 14 heteroatoms. The third-order valence-electron chi connectivity index (χ3n) is 5.00. The van der Waals surface area contributed by atoms with Crippen molar-refractivity contribution in [3.05, 3.63) is 0 Å². The molecule has 0 heterocycles. The minimum Gasteiger partial charge on any atom is -0.466 e. The van der Waals surface area contributed by atoms with E-state index in [1.807, 2.05) is 13.8 Å². The first-order chi connectivity index (χ1) is 20.7. The van der Waals surface area contributed by atoms with E-state index in [1.165, 1.54) is 6.92 Å². The van der Waals surface area contributed by atoms with Crippen molar-refractivity contribution in [1.82, 2.24) is 16.0 Å². The van der Waals surface area contributed by atoms with Crippen LogP contribution in [0.15, 0.2) is 0 Å². The van der Waals surface area contributed by atoms with Crippen molar-refractivity contribution < 1.29 is 52.3 Å². The second-order valence-corrected chi connectivity index (χ2v) is 9.14. The molecule has 0 radical (unpaired) electrons. The number of alkyl carbamates (subject to hydrolysis) is 3. The zero-order valence-corrected chi connectivity index (χ0v) is 27.6. The molecule has 0 fully saturated rings. The summed E-state index contributed by atoms with van der Waals surface area (Å²) in [4.78, 5) is 43.6. The Kier molecular flexibility index (Phi) is 56.3. The van der Waals surface area contributed by atoms with Crippen molar-refractivity contribution in [2.45, 2.75) is 107 Å². The molecule has 0 aromatic carbocycles. The van der Waals surface area contributed by atoms with E-state index in [2.05, 4.69) is 27.6 Å². The normalized spacial score (nSPS) is 9.80. The van der Waals surface area contributed by atoms with Crippen molar-refractivity contribution in [3.63, 3.8) is 0 Å². The predicted octanol–water partition coefficient (Wildman–Crippen LogP) is 6.10. The first kappa shape index (κ1) is 55.6. The zero-order chi connectivity index (χ0) is 33.0. The summed E-state index contributed by atoms with van der Waals surface area (Å²) in [6.07, 6.45) is 5.55. The molecule has 0 aromatic rings. The third kappa shape index (κ3) is 53.7. The molecule has 3 N–H and O–H groups in total. The van der Waals surface area contributed by atoms with Gasteiger partial charge in [-0.1, -0.05) is 35.6 Å². The second-order valence-electron chi connectivity index (χ2n) is 9.14. The third-order valence-corrected chi connectivity index (χ3v) is 5.00. The quantitative estimate of drug-likeness (QED) is 0.0690. The van der Waals surface area contributed by atoms with E-state index >= 15 is 0 Å². The number of hydrogen-bond acceptors (Lipinski definition) is 11. The van der Waals surface area contributed by atoms with Gasteiger partial charge in [0.25, 0.3) is 0 Å². The number of rotatable bonds is 22. The monoisotopic (exact) mass is 674 g/mol. The standard InChI is InChI=1S/C16H32N2O6.C7H15NO2.C6H12O3.3CH4/c1-14(18-16(20)24-13-7-11-22-3)8-4-5-9-17-15(19)23-12-6-10-21-2;1-3-5-6-10-7(9)8-4-2;1-6(7)9-5-3-4-8-2;;;/h14H,4-13H2,1-3H3,(H,17,19)(H,18,20);3-6H2,1-2H3,(H,8,9);3-5H2,1-2H3;3*1H4. The van der Waals surface area contributed by atoms with Crippen LogP contribution in [0.5, 0.6) is 0 Å². The molecule has 0 bridgehead atoms. The molecule has 3 amide bonds. The molecule has 1 unspecified atom stereocenters. The Hall–Kier alpha value is -2.84. The van der Waals surface area contributed by atoms with Crippen LogP contribution in [0.3, 0.4) is 0 Å². The first-order valence-electron chi connectivity index (χ1n) is 15.0. The lowest BCUT2D eigenvalue weighted by Crippen LogP contribution is -2.33. The maximum Gasteiger partial charge on any atom is 0.407 e. The Morgan fingerprint density at radius 1 is 0.565 bits per heavy atom. The molecule has 46 heavy (non-hydrogen) atoms.